The van der Waals surface area contributed by atoms with E-state index in [1.165, 1.54) is 5.56 Å². The predicted molar refractivity (Wildman–Crippen MR) is 72.8 cm³/mol. The largest absolute Gasteiger partial charge is 0.481 e. The zero-order chi connectivity index (χ0) is 13.7. The Balaban J connectivity index is 2.13. The Morgan fingerprint density at radius 3 is 2.89 bits per heavy atom. The normalized spacial score (nSPS) is 10.4. The van der Waals surface area contributed by atoms with Crippen LogP contribution in [0, 0.1) is 6.92 Å². The van der Waals surface area contributed by atoms with Gasteiger partial charge in [-0.3, -0.25) is 4.79 Å². The van der Waals surface area contributed by atoms with Gasteiger partial charge in [0.15, 0.2) is 0 Å². The minimum atomic E-state index is -0.783. The maximum absolute atomic E-state index is 10.5. The molecule has 4 nitrogen and oxygen atoms in total. The van der Waals surface area contributed by atoms with Gasteiger partial charge in [-0.15, -0.1) is 0 Å². The van der Waals surface area contributed by atoms with Crippen molar-refractivity contribution in [1.82, 2.24) is 9.97 Å². The lowest BCUT2D eigenvalue weighted by molar-refractivity contribution is -0.137. The monoisotopic (exact) mass is 256 g/mol. The molecule has 0 aliphatic rings. The number of carboxylic acids is 1. The van der Waals surface area contributed by atoms with Crippen LogP contribution in [0.4, 0.5) is 0 Å². The molecular formula is C15H16N2O2. The fraction of sp³-hybridized carbons (Fsp3) is 0.267. The summed E-state index contributed by atoms with van der Waals surface area (Å²) in [4.78, 5) is 19.1. The molecule has 1 heterocycles. The first kappa shape index (κ1) is 13.2. The third-order valence-corrected chi connectivity index (χ3v) is 2.81. The fourth-order valence-corrected chi connectivity index (χ4v) is 1.88. The first-order valence-corrected chi connectivity index (χ1v) is 6.26. The third kappa shape index (κ3) is 3.88. The second-order valence-corrected chi connectivity index (χ2v) is 4.47. The Bertz CT molecular complexity index is 582. The third-order valence-electron chi connectivity index (χ3n) is 2.81. The molecule has 0 atom stereocenters. The Kier molecular flexibility index (Phi) is 4.23. The van der Waals surface area contributed by atoms with Gasteiger partial charge in [0.05, 0.1) is 5.69 Å². The van der Waals surface area contributed by atoms with E-state index in [-0.39, 0.29) is 6.42 Å². The zero-order valence-electron chi connectivity index (χ0n) is 10.8. The van der Waals surface area contributed by atoms with Gasteiger partial charge in [0.25, 0.3) is 0 Å². The molecule has 0 aliphatic carbocycles. The number of aliphatic carboxylic acids is 1. The van der Waals surface area contributed by atoms with E-state index < -0.39 is 5.97 Å². The summed E-state index contributed by atoms with van der Waals surface area (Å²) in [5.74, 6) is -0.0879. The minimum absolute atomic E-state index is 0.151. The van der Waals surface area contributed by atoms with Gasteiger partial charge < -0.3 is 5.11 Å². The standard InChI is InChI=1S/C15H16N2O2/c1-11-4-2-5-12(10-11)13-8-9-16-14(17-13)6-3-7-15(18)19/h2,4-5,8-10H,3,6-7H2,1H3,(H,18,19). The molecule has 2 rings (SSSR count). The van der Waals surface area contributed by atoms with E-state index in [2.05, 4.69) is 16.0 Å². The van der Waals surface area contributed by atoms with Gasteiger partial charge in [0.1, 0.15) is 5.82 Å². The molecular weight excluding hydrogens is 240 g/mol. The van der Waals surface area contributed by atoms with Crippen LogP contribution in [-0.2, 0) is 11.2 Å². The molecule has 0 radical (unpaired) electrons. The van der Waals surface area contributed by atoms with E-state index >= 15 is 0 Å². The van der Waals surface area contributed by atoms with Gasteiger partial charge >= 0.3 is 5.97 Å². The number of rotatable bonds is 5. The fourth-order valence-electron chi connectivity index (χ4n) is 1.88. The summed E-state index contributed by atoms with van der Waals surface area (Å²) in [6, 6.07) is 9.99. The van der Waals surface area contributed by atoms with Crippen LogP contribution in [-0.4, -0.2) is 21.0 Å². The molecule has 0 saturated heterocycles. The lowest BCUT2D eigenvalue weighted by Gasteiger charge is -2.04. The van der Waals surface area contributed by atoms with Crippen molar-refractivity contribution < 1.29 is 9.90 Å². The highest BCUT2D eigenvalue weighted by Crippen LogP contribution is 2.17. The van der Waals surface area contributed by atoms with E-state index in [9.17, 15) is 4.79 Å². The average molecular weight is 256 g/mol. The minimum Gasteiger partial charge on any atom is -0.481 e. The van der Waals surface area contributed by atoms with E-state index in [4.69, 9.17) is 5.11 Å². The molecule has 98 valence electrons. The molecule has 0 aliphatic heterocycles. The van der Waals surface area contributed by atoms with Gasteiger partial charge in [0, 0.05) is 24.6 Å². The molecule has 4 heteroatoms. The lowest BCUT2D eigenvalue weighted by Crippen LogP contribution is -2.00. The number of benzene rings is 1. The van der Waals surface area contributed by atoms with Crippen molar-refractivity contribution in [3.05, 3.63) is 47.9 Å². The molecule has 1 aromatic carbocycles. The lowest BCUT2D eigenvalue weighted by atomic mass is 10.1. The molecule has 0 bridgehead atoms. The van der Waals surface area contributed by atoms with Gasteiger partial charge in [-0.1, -0.05) is 23.8 Å². The molecule has 0 fully saturated rings. The highest BCUT2D eigenvalue weighted by Gasteiger charge is 2.04. The van der Waals surface area contributed by atoms with E-state index in [0.717, 1.165) is 11.3 Å². The van der Waals surface area contributed by atoms with E-state index in [1.807, 2.05) is 31.2 Å². The number of hydrogen-bond donors (Lipinski definition) is 1. The quantitative estimate of drug-likeness (QED) is 0.893. The molecule has 0 unspecified atom stereocenters. The van der Waals surface area contributed by atoms with Crippen LogP contribution < -0.4 is 0 Å². The summed E-state index contributed by atoms with van der Waals surface area (Å²) in [7, 11) is 0. The number of aryl methyl sites for hydroxylation is 2. The zero-order valence-corrected chi connectivity index (χ0v) is 10.8. The molecule has 0 saturated carbocycles. The van der Waals surface area contributed by atoms with Crippen molar-refractivity contribution in [2.24, 2.45) is 0 Å². The topological polar surface area (TPSA) is 63.1 Å². The van der Waals surface area contributed by atoms with Gasteiger partial charge in [-0.25, -0.2) is 9.97 Å². The smallest absolute Gasteiger partial charge is 0.303 e. The highest BCUT2D eigenvalue weighted by atomic mass is 16.4. The number of carboxylic acid groups (broad SMARTS) is 1. The maximum Gasteiger partial charge on any atom is 0.303 e. The highest BCUT2D eigenvalue weighted by molar-refractivity contribution is 5.66. The summed E-state index contributed by atoms with van der Waals surface area (Å²) in [6.07, 6.45) is 3.03. The van der Waals surface area contributed by atoms with Crippen LogP contribution in [0.15, 0.2) is 36.5 Å². The Hall–Kier alpha value is -2.23. The second kappa shape index (κ2) is 6.09. The van der Waals surface area contributed by atoms with Crippen LogP contribution in [0.5, 0.6) is 0 Å². The summed E-state index contributed by atoms with van der Waals surface area (Å²) < 4.78 is 0. The first-order valence-electron chi connectivity index (χ1n) is 6.26. The first-order chi connectivity index (χ1) is 9.15. The molecule has 2 aromatic rings. The Morgan fingerprint density at radius 2 is 2.16 bits per heavy atom. The number of hydrogen-bond acceptors (Lipinski definition) is 3. The van der Waals surface area contributed by atoms with Crippen molar-refractivity contribution in [2.75, 3.05) is 0 Å². The number of carbonyl (C=O) groups is 1. The summed E-state index contributed by atoms with van der Waals surface area (Å²) in [5.41, 5.74) is 3.12. The van der Waals surface area contributed by atoms with Gasteiger partial charge in [-0.2, -0.15) is 0 Å². The summed E-state index contributed by atoms with van der Waals surface area (Å²) in [6.45, 7) is 2.04. The molecule has 19 heavy (non-hydrogen) atoms. The van der Waals surface area contributed by atoms with Crippen LogP contribution >= 0.6 is 0 Å². The maximum atomic E-state index is 10.5. The molecule has 1 aromatic heterocycles. The number of aromatic nitrogens is 2. The number of nitrogens with zero attached hydrogens (tertiary/aromatic N) is 2. The molecule has 0 amide bonds. The van der Waals surface area contributed by atoms with Gasteiger partial charge in [0.2, 0.25) is 0 Å². The Morgan fingerprint density at radius 1 is 1.32 bits per heavy atom. The van der Waals surface area contributed by atoms with Crippen LogP contribution in [0.2, 0.25) is 0 Å². The van der Waals surface area contributed by atoms with Crippen molar-refractivity contribution in [3.8, 4) is 11.3 Å². The van der Waals surface area contributed by atoms with Crippen LogP contribution in [0.1, 0.15) is 24.2 Å². The van der Waals surface area contributed by atoms with Crippen molar-refractivity contribution in [2.45, 2.75) is 26.2 Å². The summed E-state index contributed by atoms with van der Waals surface area (Å²) in [5, 5.41) is 8.61. The van der Waals surface area contributed by atoms with Crippen LogP contribution in [0.25, 0.3) is 11.3 Å². The van der Waals surface area contributed by atoms with Gasteiger partial charge in [-0.05, 0) is 25.5 Å². The van der Waals surface area contributed by atoms with Crippen molar-refractivity contribution in [3.63, 3.8) is 0 Å². The predicted octanol–water partition coefficient (Wildman–Crippen LogP) is 2.86. The SMILES string of the molecule is Cc1cccc(-c2ccnc(CCCC(=O)O)n2)c1. The van der Waals surface area contributed by atoms with Crippen molar-refractivity contribution in [1.29, 1.82) is 0 Å². The van der Waals surface area contributed by atoms with Crippen molar-refractivity contribution >= 4 is 5.97 Å². The Labute approximate surface area is 112 Å². The molecule has 0 spiro atoms. The van der Waals surface area contributed by atoms with E-state index in [1.54, 1.807) is 6.20 Å². The summed E-state index contributed by atoms with van der Waals surface area (Å²) >= 11 is 0. The average Bonchev–Trinajstić information content (AvgIpc) is 2.39. The molecule has 1 N–H and O–H groups in total. The second-order valence-electron chi connectivity index (χ2n) is 4.47. The van der Waals surface area contributed by atoms with Crippen LogP contribution in [0.3, 0.4) is 0 Å². The van der Waals surface area contributed by atoms with E-state index in [0.29, 0.717) is 18.7 Å².